The Morgan fingerprint density at radius 3 is 2.48 bits per heavy atom. The van der Waals surface area contributed by atoms with Crippen molar-refractivity contribution in [1.29, 1.82) is 0 Å². The number of anilines is 1. The number of nitrogens with one attached hydrogen (secondary N) is 1. The summed E-state index contributed by atoms with van der Waals surface area (Å²) < 4.78 is 11.3. The number of nitrogens with zero attached hydrogens (tertiary/aromatic N) is 2. The number of benzene rings is 2. The van der Waals surface area contributed by atoms with Crippen molar-refractivity contribution in [2.75, 3.05) is 31.7 Å². The standard InChI is InChI=1S/C20H24BrN3O3/c1-4-24(5-2)16-8-6-15(7-9-16)13-22-23-20(25)14-27-19-11-10-17(26-3)12-18(19)21/h6-13H,4-5,14H2,1-3H3,(H,23,25)/b22-13-. The molecule has 0 saturated heterocycles. The van der Waals surface area contributed by atoms with Crippen molar-refractivity contribution < 1.29 is 14.3 Å². The van der Waals surface area contributed by atoms with Gasteiger partial charge in [-0.25, -0.2) is 5.43 Å². The summed E-state index contributed by atoms with van der Waals surface area (Å²) in [6, 6.07) is 13.3. The van der Waals surface area contributed by atoms with Crippen LogP contribution in [0.3, 0.4) is 0 Å². The van der Waals surface area contributed by atoms with Crippen LogP contribution in [0.2, 0.25) is 0 Å². The number of hydrogen-bond donors (Lipinski definition) is 1. The number of carbonyl (C=O) groups is 1. The zero-order chi connectivity index (χ0) is 19.6. The van der Waals surface area contributed by atoms with Gasteiger partial charge in [0.25, 0.3) is 5.91 Å². The summed E-state index contributed by atoms with van der Waals surface area (Å²) in [5.41, 5.74) is 4.53. The molecule has 0 aliphatic heterocycles. The average molecular weight is 434 g/mol. The fourth-order valence-corrected chi connectivity index (χ4v) is 2.91. The van der Waals surface area contributed by atoms with E-state index in [0.717, 1.165) is 18.7 Å². The monoisotopic (exact) mass is 433 g/mol. The van der Waals surface area contributed by atoms with Crippen molar-refractivity contribution in [2.24, 2.45) is 5.10 Å². The molecule has 1 amide bonds. The quantitative estimate of drug-likeness (QED) is 0.481. The van der Waals surface area contributed by atoms with Crippen LogP contribution in [0, 0.1) is 0 Å². The Morgan fingerprint density at radius 2 is 1.89 bits per heavy atom. The Balaban J connectivity index is 1.83. The molecule has 0 unspecified atom stereocenters. The highest BCUT2D eigenvalue weighted by atomic mass is 79.9. The van der Waals surface area contributed by atoms with Crippen LogP contribution in [0.4, 0.5) is 5.69 Å². The number of hydrazone groups is 1. The maximum atomic E-state index is 11.9. The largest absolute Gasteiger partial charge is 0.497 e. The lowest BCUT2D eigenvalue weighted by Crippen LogP contribution is -2.24. The molecular weight excluding hydrogens is 410 g/mol. The van der Waals surface area contributed by atoms with Crippen LogP contribution in [0.15, 0.2) is 52.0 Å². The molecule has 0 aromatic heterocycles. The van der Waals surface area contributed by atoms with Gasteiger partial charge in [0.05, 0.1) is 17.8 Å². The first kappa shape index (κ1) is 20.8. The van der Waals surface area contributed by atoms with E-state index >= 15 is 0 Å². The molecule has 6 nitrogen and oxygen atoms in total. The van der Waals surface area contributed by atoms with E-state index in [1.54, 1.807) is 31.5 Å². The minimum Gasteiger partial charge on any atom is -0.497 e. The molecule has 2 aromatic carbocycles. The maximum Gasteiger partial charge on any atom is 0.277 e. The third kappa shape index (κ3) is 6.29. The summed E-state index contributed by atoms with van der Waals surface area (Å²) in [4.78, 5) is 14.1. The maximum absolute atomic E-state index is 11.9. The first-order valence-corrected chi connectivity index (χ1v) is 9.49. The lowest BCUT2D eigenvalue weighted by Gasteiger charge is -2.20. The van der Waals surface area contributed by atoms with E-state index in [2.05, 4.69) is 45.2 Å². The lowest BCUT2D eigenvalue weighted by molar-refractivity contribution is -0.123. The topological polar surface area (TPSA) is 63.2 Å². The molecule has 0 spiro atoms. The third-order valence-corrected chi connectivity index (χ3v) is 4.54. The minimum absolute atomic E-state index is 0.136. The SMILES string of the molecule is CCN(CC)c1ccc(/C=N\NC(=O)COc2ccc(OC)cc2Br)cc1. The van der Waals surface area contributed by atoms with E-state index in [1.165, 1.54) is 5.69 Å². The van der Waals surface area contributed by atoms with Gasteiger partial charge in [-0.05, 0) is 65.7 Å². The van der Waals surface area contributed by atoms with Crippen LogP contribution in [0.25, 0.3) is 0 Å². The van der Waals surface area contributed by atoms with Gasteiger partial charge >= 0.3 is 0 Å². The molecule has 0 aliphatic carbocycles. The van der Waals surface area contributed by atoms with Crippen molar-refractivity contribution in [1.82, 2.24) is 5.43 Å². The number of amides is 1. The summed E-state index contributed by atoms with van der Waals surface area (Å²) in [6.07, 6.45) is 1.60. The minimum atomic E-state index is -0.339. The van der Waals surface area contributed by atoms with E-state index in [0.29, 0.717) is 16.0 Å². The number of hydrogen-bond acceptors (Lipinski definition) is 5. The second-order valence-corrected chi connectivity index (χ2v) is 6.50. The van der Waals surface area contributed by atoms with Crippen LogP contribution in [0.1, 0.15) is 19.4 Å². The van der Waals surface area contributed by atoms with Crippen LogP contribution in [0.5, 0.6) is 11.5 Å². The Morgan fingerprint density at radius 1 is 1.19 bits per heavy atom. The van der Waals surface area contributed by atoms with Gasteiger partial charge in [-0.2, -0.15) is 5.10 Å². The van der Waals surface area contributed by atoms with E-state index in [-0.39, 0.29) is 12.5 Å². The third-order valence-electron chi connectivity index (χ3n) is 3.92. The fourth-order valence-electron chi connectivity index (χ4n) is 2.44. The number of methoxy groups -OCH3 is 1. The average Bonchev–Trinajstić information content (AvgIpc) is 2.69. The Bertz CT molecular complexity index is 775. The molecule has 0 bridgehead atoms. The highest BCUT2D eigenvalue weighted by Crippen LogP contribution is 2.28. The Labute approximate surface area is 168 Å². The number of carbonyl (C=O) groups excluding carboxylic acids is 1. The zero-order valence-corrected chi connectivity index (χ0v) is 17.3. The van der Waals surface area contributed by atoms with E-state index in [1.807, 2.05) is 24.3 Å². The highest BCUT2D eigenvalue weighted by Gasteiger charge is 2.06. The number of rotatable bonds is 9. The molecule has 1 N–H and O–H groups in total. The van der Waals surface area contributed by atoms with Crippen molar-refractivity contribution in [3.05, 3.63) is 52.5 Å². The van der Waals surface area contributed by atoms with Gasteiger partial charge in [-0.1, -0.05) is 12.1 Å². The Kier molecular flexibility index (Phi) is 8.13. The highest BCUT2D eigenvalue weighted by molar-refractivity contribution is 9.10. The van der Waals surface area contributed by atoms with Gasteiger partial charge in [0, 0.05) is 18.8 Å². The Hall–Kier alpha value is -2.54. The summed E-state index contributed by atoms with van der Waals surface area (Å²) in [6.45, 7) is 6.04. The summed E-state index contributed by atoms with van der Waals surface area (Å²) >= 11 is 3.38. The van der Waals surface area contributed by atoms with Gasteiger partial charge in [-0.3, -0.25) is 4.79 Å². The van der Waals surface area contributed by atoms with Crippen molar-refractivity contribution >= 4 is 33.7 Å². The molecular formula is C20H24BrN3O3. The predicted molar refractivity (Wildman–Crippen MR) is 112 cm³/mol. The molecule has 144 valence electrons. The molecule has 0 aliphatic rings. The van der Waals surface area contributed by atoms with Crippen molar-refractivity contribution in [3.63, 3.8) is 0 Å². The van der Waals surface area contributed by atoms with E-state index in [4.69, 9.17) is 9.47 Å². The van der Waals surface area contributed by atoms with Gasteiger partial charge in [0.2, 0.25) is 0 Å². The van der Waals surface area contributed by atoms with Gasteiger partial charge in [0.15, 0.2) is 6.61 Å². The van der Waals surface area contributed by atoms with Crippen LogP contribution in [-0.4, -0.2) is 38.9 Å². The first-order valence-electron chi connectivity index (χ1n) is 8.70. The second kappa shape index (κ2) is 10.6. The van der Waals surface area contributed by atoms with Crippen molar-refractivity contribution in [2.45, 2.75) is 13.8 Å². The summed E-state index contributed by atoms with van der Waals surface area (Å²) in [5, 5.41) is 3.97. The normalized spacial score (nSPS) is 10.7. The van der Waals surface area contributed by atoms with Crippen LogP contribution < -0.4 is 19.8 Å². The number of ether oxygens (including phenoxy) is 2. The van der Waals surface area contributed by atoms with E-state index < -0.39 is 0 Å². The molecule has 2 rings (SSSR count). The molecule has 0 radical (unpaired) electrons. The van der Waals surface area contributed by atoms with Gasteiger partial charge in [-0.15, -0.1) is 0 Å². The smallest absolute Gasteiger partial charge is 0.277 e. The van der Waals surface area contributed by atoms with Gasteiger partial charge in [0.1, 0.15) is 11.5 Å². The first-order chi connectivity index (χ1) is 13.1. The molecule has 0 fully saturated rings. The van der Waals surface area contributed by atoms with Crippen LogP contribution in [-0.2, 0) is 4.79 Å². The molecule has 0 atom stereocenters. The predicted octanol–water partition coefficient (Wildman–Crippen LogP) is 3.83. The number of halogens is 1. The molecule has 0 saturated carbocycles. The van der Waals surface area contributed by atoms with Gasteiger partial charge < -0.3 is 14.4 Å². The summed E-state index contributed by atoms with van der Waals surface area (Å²) in [5.74, 6) is 0.922. The molecule has 27 heavy (non-hydrogen) atoms. The molecule has 2 aromatic rings. The summed E-state index contributed by atoms with van der Waals surface area (Å²) in [7, 11) is 1.59. The lowest BCUT2D eigenvalue weighted by atomic mass is 10.2. The zero-order valence-electron chi connectivity index (χ0n) is 15.7. The fraction of sp³-hybridized carbons (Fsp3) is 0.300. The molecule has 7 heteroatoms. The molecule has 0 heterocycles. The van der Waals surface area contributed by atoms with Crippen molar-refractivity contribution in [3.8, 4) is 11.5 Å². The van der Waals surface area contributed by atoms with Crippen LogP contribution >= 0.6 is 15.9 Å². The van der Waals surface area contributed by atoms with E-state index in [9.17, 15) is 4.79 Å². The second-order valence-electron chi connectivity index (χ2n) is 5.64.